The van der Waals surface area contributed by atoms with E-state index >= 15 is 0 Å². The molecule has 6 nitrogen and oxygen atoms in total. The number of imide groups is 1. The van der Waals surface area contributed by atoms with Gasteiger partial charge in [0.05, 0.1) is 17.9 Å². The topological polar surface area (TPSA) is 59.1 Å². The minimum Gasteiger partial charge on any atom is -0.486 e. The molecule has 1 aromatic carbocycles. The molecule has 1 saturated carbocycles. The first-order valence-electron chi connectivity index (χ1n) is 10.2. The van der Waals surface area contributed by atoms with Gasteiger partial charge in [0.1, 0.15) is 12.7 Å². The first-order chi connectivity index (χ1) is 13.2. The molecule has 3 fully saturated rings. The van der Waals surface area contributed by atoms with Crippen molar-refractivity contribution in [2.24, 2.45) is 11.8 Å². The van der Waals surface area contributed by atoms with Crippen LogP contribution in [0, 0.1) is 11.8 Å². The molecule has 2 amide bonds. The van der Waals surface area contributed by atoms with E-state index in [0.717, 1.165) is 63.2 Å². The van der Waals surface area contributed by atoms with E-state index in [0.29, 0.717) is 6.61 Å². The van der Waals surface area contributed by atoms with Gasteiger partial charge in [-0.3, -0.25) is 19.4 Å². The van der Waals surface area contributed by atoms with Crippen LogP contribution in [0.5, 0.6) is 11.5 Å². The summed E-state index contributed by atoms with van der Waals surface area (Å²) in [7, 11) is 0. The molecule has 144 valence electrons. The number of carbonyl (C=O) groups is 2. The van der Waals surface area contributed by atoms with E-state index in [9.17, 15) is 9.59 Å². The Balaban J connectivity index is 1.23. The number of hydrogen-bond acceptors (Lipinski definition) is 5. The molecule has 27 heavy (non-hydrogen) atoms. The molecule has 1 aliphatic carbocycles. The third kappa shape index (κ3) is 3.00. The number of rotatable bonds is 3. The molecule has 4 aliphatic rings. The number of amides is 2. The summed E-state index contributed by atoms with van der Waals surface area (Å²) in [5.41, 5.74) is 0. The largest absolute Gasteiger partial charge is 0.486 e. The lowest BCUT2D eigenvalue weighted by Gasteiger charge is -2.39. The van der Waals surface area contributed by atoms with E-state index in [4.69, 9.17) is 9.47 Å². The van der Waals surface area contributed by atoms with E-state index in [1.165, 1.54) is 0 Å². The van der Waals surface area contributed by atoms with Crippen molar-refractivity contribution < 1.29 is 19.1 Å². The van der Waals surface area contributed by atoms with Gasteiger partial charge in [0.2, 0.25) is 11.8 Å². The van der Waals surface area contributed by atoms with Gasteiger partial charge in [0, 0.05) is 13.1 Å². The van der Waals surface area contributed by atoms with Gasteiger partial charge < -0.3 is 9.47 Å². The minimum absolute atomic E-state index is 0.0149. The van der Waals surface area contributed by atoms with Crippen molar-refractivity contribution >= 4 is 11.8 Å². The normalized spacial score (nSPS) is 33.4. The Morgan fingerprint density at radius 3 is 2.48 bits per heavy atom. The second kappa shape index (κ2) is 6.82. The van der Waals surface area contributed by atoms with Crippen LogP contribution < -0.4 is 9.47 Å². The highest BCUT2D eigenvalue weighted by atomic mass is 16.6. The van der Waals surface area contributed by atoms with Gasteiger partial charge in [0.15, 0.2) is 11.5 Å². The highest BCUT2D eigenvalue weighted by Gasteiger charge is 2.52. The molecule has 3 aliphatic heterocycles. The maximum atomic E-state index is 12.8. The van der Waals surface area contributed by atoms with Crippen LogP contribution in [0.4, 0.5) is 0 Å². The Bertz CT molecular complexity index is 729. The fourth-order valence-electron chi connectivity index (χ4n) is 5.23. The Morgan fingerprint density at radius 1 is 0.963 bits per heavy atom. The van der Waals surface area contributed by atoms with E-state index in [-0.39, 0.29) is 35.8 Å². The number of likely N-dealkylation sites (tertiary alicyclic amines) is 2. The summed E-state index contributed by atoms with van der Waals surface area (Å²) in [5, 5.41) is 0. The number of carbonyl (C=O) groups excluding carboxylic acids is 2. The molecule has 6 heteroatoms. The quantitative estimate of drug-likeness (QED) is 0.763. The van der Waals surface area contributed by atoms with E-state index in [1.807, 2.05) is 24.3 Å². The molecule has 3 heterocycles. The Labute approximate surface area is 159 Å². The Hall–Kier alpha value is -2.08. The maximum absolute atomic E-state index is 12.8. The summed E-state index contributed by atoms with van der Waals surface area (Å²) in [5.74, 6) is 1.67. The zero-order valence-corrected chi connectivity index (χ0v) is 15.5. The predicted octanol–water partition coefficient (Wildman–Crippen LogP) is 2.08. The zero-order chi connectivity index (χ0) is 18.4. The highest BCUT2D eigenvalue weighted by Crippen LogP contribution is 2.41. The molecule has 2 saturated heterocycles. The molecule has 4 atom stereocenters. The molecule has 5 rings (SSSR count). The Morgan fingerprint density at radius 2 is 1.70 bits per heavy atom. The third-order valence-electron chi connectivity index (χ3n) is 6.50. The maximum Gasteiger partial charge on any atom is 0.233 e. The number of ether oxygens (including phenoxy) is 2. The lowest BCUT2D eigenvalue weighted by molar-refractivity contribution is -0.144. The van der Waals surface area contributed by atoms with Crippen LogP contribution >= 0.6 is 0 Å². The van der Waals surface area contributed by atoms with Crippen LogP contribution in [0.3, 0.4) is 0 Å². The van der Waals surface area contributed by atoms with Crippen molar-refractivity contribution in [1.82, 2.24) is 9.80 Å². The molecule has 0 aromatic heterocycles. The van der Waals surface area contributed by atoms with Crippen molar-refractivity contribution in [3.63, 3.8) is 0 Å². The van der Waals surface area contributed by atoms with Gasteiger partial charge in [0.25, 0.3) is 0 Å². The lowest BCUT2D eigenvalue weighted by Crippen LogP contribution is -2.53. The second-order valence-corrected chi connectivity index (χ2v) is 8.24. The summed E-state index contributed by atoms with van der Waals surface area (Å²) in [6.07, 6.45) is 4.67. The molecule has 2 unspecified atom stereocenters. The molecule has 0 radical (unpaired) electrons. The predicted molar refractivity (Wildman–Crippen MR) is 98.5 cm³/mol. The van der Waals surface area contributed by atoms with Gasteiger partial charge in [-0.05, 0) is 44.4 Å². The van der Waals surface area contributed by atoms with Gasteiger partial charge >= 0.3 is 0 Å². The SMILES string of the molecule is O=C1C2CCCC2C(=O)N1[C@H]1CCCN(C[C@H]2COc3ccccc3O2)C1. The van der Waals surface area contributed by atoms with Crippen LogP contribution in [-0.4, -0.2) is 60.0 Å². The molecular weight excluding hydrogens is 344 g/mol. The molecular formula is C21H26N2O4. The second-order valence-electron chi connectivity index (χ2n) is 8.24. The summed E-state index contributed by atoms with van der Waals surface area (Å²) in [6.45, 7) is 3.01. The van der Waals surface area contributed by atoms with Gasteiger partial charge in [-0.1, -0.05) is 18.6 Å². The van der Waals surface area contributed by atoms with Crippen LogP contribution in [-0.2, 0) is 9.59 Å². The zero-order valence-electron chi connectivity index (χ0n) is 15.5. The monoisotopic (exact) mass is 370 g/mol. The van der Waals surface area contributed by atoms with Crippen LogP contribution in [0.25, 0.3) is 0 Å². The highest BCUT2D eigenvalue weighted by molar-refractivity contribution is 6.05. The van der Waals surface area contributed by atoms with Crippen LogP contribution in [0.2, 0.25) is 0 Å². The van der Waals surface area contributed by atoms with E-state index in [2.05, 4.69) is 4.90 Å². The fraction of sp³-hybridized carbons (Fsp3) is 0.619. The van der Waals surface area contributed by atoms with Crippen molar-refractivity contribution in [1.29, 1.82) is 0 Å². The van der Waals surface area contributed by atoms with E-state index < -0.39 is 0 Å². The summed E-state index contributed by atoms with van der Waals surface area (Å²) < 4.78 is 11.9. The van der Waals surface area contributed by atoms with E-state index in [1.54, 1.807) is 4.90 Å². The van der Waals surface area contributed by atoms with Crippen molar-refractivity contribution in [2.45, 2.75) is 44.2 Å². The fourth-order valence-corrected chi connectivity index (χ4v) is 5.23. The van der Waals surface area contributed by atoms with Crippen molar-refractivity contribution in [3.8, 4) is 11.5 Å². The number of nitrogens with zero attached hydrogens (tertiary/aromatic N) is 2. The summed E-state index contributed by atoms with van der Waals surface area (Å²) >= 11 is 0. The summed E-state index contributed by atoms with van der Waals surface area (Å²) in [4.78, 5) is 29.5. The van der Waals surface area contributed by atoms with Crippen molar-refractivity contribution in [3.05, 3.63) is 24.3 Å². The third-order valence-corrected chi connectivity index (χ3v) is 6.50. The smallest absolute Gasteiger partial charge is 0.233 e. The minimum atomic E-state index is -0.0422. The van der Waals surface area contributed by atoms with Crippen LogP contribution in [0.1, 0.15) is 32.1 Å². The van der Waals surface area contributed by atoms with Crippen LogP contribution in [0.15, 0.2) is 24.3 Å². The lowest BCUT2D eigenvalue weighted by atomic mass is 10.00. The number of para-hydroxylation sites is 2. The molecule has 1 aromatic rings. The average molecular weight is 370 g/mol. The molecule has 0 spiro atoms. The van der Waals surface area contributed by atoms with Gasteiger partial charge in [-0.25, -0.2) is 0 Å². The number of hydrogen-bond donors (Lipinski definition) is 0. The molecule has 0 N–H and O–H groups in total. The van der Waals surface area contributed by atoms with Crippen molar-refractivity contribution in [2.75, 3.05) is 26.2 Å². The number of piperidine rings is 1. The average Bonchev–Trinajstić information content (AvgIpc) is 3.26. The first-order valence-corrected chi connectivity index (χ1v) is 10.2. The van der Waals surface area contributed by atoms with Gasteiger partial charge in [-0.15, -0.1) is 0 Å². The number of benzene rings is 1. The standard InChI is InChI=1S/C21H26N2O4/c24-20-16-6-3-7-17(16)21(25)23(20)14-5-4-10-22(11-14)12-15-13-26-18-8-1-2-9-19(18)27-15/h1-2,8-9,14-17H,3-7,10-13H2/t14-,15-,16?,17?/m0/s1. The number of fused-ring (bicyclic) bond motifs is 2. The summed E-state index contributed by atoms with van der Waals surface area (Å²) in [6, 6.07) is 7.76. The Kier molecular flexibility index (Phi) is 4.31. The van der Waals surface area contributed by atoms with Gasteiger partial charge in [-0.2, -0.15) is 0 Å². The molecule has 0 bridgehead atoms. The first kappa shape index (κ1) is 17.0.